The number of hydrogen-bond donors (Lipinski definition) is 0. The van der Waals surface area contributed by atoms with Gasteiger partial charge < -0.3 is 4.74 Å². The number of esters is 1. The molecular formula is C19H16ClN3O4. The van der Waals surface area contributed by atoms with E-state index in [4.69, 9.17) is 16.3 Å². The Morgan fingerprint density at radius 1 is 1.19 bits per heavy atom. The maximum Gasteiger partial charge on any atom is 0.333 e. The van der Waals surface area contributed by atoms with E-state index >= 15 is 0 Å². The Bertz CT molecular complexity index is 1020. The summed E-state index contributed by atoms with van der Waals surface area (Å²) in [5, 5.41) is 15.4. The van der Waals surface area contributed by atoms with E-state index in [-0.39, 0.29) is 23.7 Å². The molecule has 3 rings (SSSR count). The smallest absolute Gasteiger partial charge is 0.333 e. The topological polar surface area (TPSA) is 87.3 Å². The molecule has 0 bridgehead atoms. The molecule has 0 aliphatic heterocycles. The molecule has 1 aromatic heterocycles. The Morgan fingerprint density at radius 3 is 2.48 bits per heavy atom. The van der Waals surface area contributed by atoms with Gasteiger partial charge in [0.2, 0.25) is 0 Å². The molecule has 138 valence electrons. The summed E-state index contributed by atoms with van der Waals surface area (Å²) >= 11 is 6.24. The van der Waals surface area contributed by atoms with Crippen LogP contribution in [0, 0.1) is 24.0 Å². The number of hydrogen-bond acceptors (Lipinski definition) is 5. The summed E-state index contributed by atoms with van der Waals surface area (Å²) in [6.07, 6.45) is 0. The highest BCUT2D eigenvalue weighted by atomic mass is 35.5. The van der Waals surface area contributed by atoms with Gasteiger partial charge >= 0.3 is 11.7 Å². The fraction of sp³-hybridized carbons (Fsp3) is 0.158. The maximum atomic E-state index is 12.2. The third-order valence-corrected chi connectivity index (χ3v) is 4.36. The molecule has 8 heteroatoms. The van der Waals surface area contributed by atoms with E-state index in [0.29, 0.717) is 10.7 Å². The summed E-state index contributed by atoms with van der Waals surface area (Å²) in [6.45, 7) is 2.80. The molecule has 1 heterocycles. The molecule has 3 aromatic rings. The van der Waals surface area contributed by atoms with Gasteiger partial charge in [0, 0.05) is 0 Å². The standard InChI is InChI=1S/C19H16ClN3O4/c1-12-19(23(25)26)13(2)22(21-12)11-18(24)27-17-9-8-15(10-16(17)20)14-6-4-3-5-7-14/h3-10H,11H2,1-2H3. The minimum Gasteiger partial charge on any atom is -0.424 e. The van der Waals surface area contributed by atoms with Crippen LogP contribution in [0.1, 0.15) is 11.4 Å². The first-order valence-corrected chi connectivity index (χ1v) is 8.48. The highest BCUT2D eigenvalue weighted by molar-refractivity contribution is 6.32. The van der Waals surface area contributed by atoms with Crippen molar-refractivity contribution in [3.63, 3.8) is 0 Å². The molecule has 0 aliphatic rings. The number of carbonyl (C=O) groups is 1. The first-order valence-electron chi connectivity index (χ1n) is 8.11. The van der Waals surface area contributed by atoms with Crippen LogP contribution in [0.2, 0.25) is 5.02 Å². The van der Waals surface area contributed by atoms with Crippen LogP contribution in [0.25, 0.3) is 11.1 Å². The third-order valence-electron chi connectivity index (χ3n) is 4.07. The third kappa shape index (κ3) is 3.98. The number of rotatable bonds is 5. The van der Waals surface area contributed by atoms with Crippen molar-refractivity contribution >= 4 is 23.3 Å². The number of aromatic nitrogens is 2. The van der Waals surface area contributed by atoms with Gasteiger partial charge in [-0.2, -0.15) is 5.10 Å². The minimum atomic E-state index is -0.621. The Balaban J connectivity index is 1.75. The van der Waals surface area contributed by atoms with Crippen LogP contribution < -0.4 is 4.74 Å². The lowest BCUT2D eigenvalue weighted by Gasteiger charge is -2.09. The molecule has 0 N–H and O–H groups in total. The van der Waals surface area contributed by atoms with Crippen molar-refractivity contribution in [1.82, 2.24) is 9.78 Å². The van der Waals surface area contributed by atoms with Crippen LogP contribution in [-0.4, -0.2) is 20.7 Å². The lowest BCUT2D eigenvalue weighted by molar-refractivity contribution is -0.386. The zero-order chi connectivity index (χ0) is 19.6. The zero-order valence-electron chi connectivity index (χ0n) is 14.7. The Hall–Kier alpha value is -3.19. The molecule has 0 radical (unpaired) electrons. The number of ether oxygens (including phenoxy) is 1. The highest BCUT2D eigenvalue weighted by Gasteiger charge is 2.23. The van der Waals surface area contributed by atoms with Gasteiger partial charge in [-0.1, -0.05) is 48.0 Å². The maximum absolute atomic E-state index is 12.2. The van der Waals surface area contributed by atoms with Crippen molar-refractivity contribution in [2.45, 2.75) is 20.4 Å². The fourth-order valence-corrected chi connectivity index (χ4v) is 3.00. The lowest BCUT2D eigenvalue weighted by Crippen LogP contribution is -2.18. The Morgan fingerprint density at radius 2 is 1.89 bits per heavy atom. The van der Waals surface area contributed by atoms with E-state index in [0.717, 1.165) is 11.1 Å². The van der Waals surface area contributed by atoms with Crippen LogP contribution in [0.3, 0.4) is 0 Å². The number of aryl methyl sites for hydroxylation is 1. The second kappa shape index (κ2) is 7.59. The van der Waals surface area contributed by atoms with E-state index in [1.54, 1.807) is 18.2 Å². The number of nitro groups is 1. The molecule has 0 amide bonds. The van der Waals surface area contributed by atoms with Crippen molar-refractivity contribution in [3.05, 3.63) is 75.1 Å². The molecule has 2 aromatic carbocycles. The zero-order valence-corrected chi connectivity index (χ0v) is 15.4. The Labute approximate surface area is 160 Å². The monoisotopic (exact) mass is 385 g/mol. The number of benzene rings is 2. The van der Waals surface area contributed by atoms with Gasteiger partial charge in [-0.3, -0.25) is 14.8 Å². The first kappa shape index (κ1) is 18.6. The molecule has 0 saturated heterocycles. The molecule has 0 saturated carbocycles. The van der Waals surface area contributed by atoms with Crippen LogP contribution in [0.15, 0.2) is 48.5 Å². The van der Waals surface area contributed by atoms with Crippen molar-refractivity contribution in [1.29, 1.82) is 0 Å². The normalized spacial score (nSPS) is 10.6. The van der Waals surface area contributed by atoms with Crippen LogP contribution in [-0.2, 0) is 11.3 Å². The molecule has 0 unspecified atom stereocenters. The molecule has 0 fully saturated rings. The second-order valence-electron chi connectivity index (χ2n) is 5.92. The van der Waals surface area contributed by atoms with Crippen LogP contribution in [0.4, 0.5) is 5.69 Å². The molecule has 27 heavy (non-hydrogen) atoms. The predicted octanol–water partition coefficient (Wildman–Crippen LogP) is 4.33. The van der Waals surface area contributed by atoms with E-state index in [1.165, 1.54) is 18.5 Å². The van der Waals surface area contributed by atoms with Gasteiger partial charge in [0.15, 0.2) is 0 Å². The van der Waals surface area contributed by atoms with Crippen molar-refractivity contribution in [3.8, 4) is 16.9 Å². The molecule has 7 nitrogen and oxygen atoms in total. The number of nitrogens with zero attached hydrogens (tertiary/aromatic N) is 3. The van der Waals surface area contributed by atoms with E-state index < -0.39 is 10.9 Å². The van der Waals surface area contributed by atoms with Crippen molar-refractivity contribution in [2.75, 3.05) is 0 Å². The van der Waals surface area contributed by atoms with Crippen molar-refractivity contribution in [2.24, 2.45) is 0 Å². The minimum absolute atomic E-state index is 0.104. The summed E-state index contributed by atoms with van der Waals surface area (Å²) in [7, 11) is 0. The lowest BCUT2D eigenvalue weighted by atomic mass is 10.1. The van der Waals surface area contributed by atoms with Crippen LogP contribution >= 0.6 is 11.6 Å². The SMILES string of the molecule is Cc1nn(CC(=O)Oc2ccc(-c3ccccc3)cc2Cl)c(C)c1[N+](=O)[O-]. The van der Waals surface area contributed by atoms with Gasteiger partial charge in [0.1, 0.15) is 23.7 Å². The molecule has 0 spiro atoms. The quantitative estimate of drug-likeness (QED) is 0.282. The molecular weight excluding hydrogens is 370 g/mol. The summed E-state index contributed by atoms with van der Waals surface area (Å²) in [5.41, 5.74) is 2.32. The first-order chi connectivity index (χ1) is 12.9. The number of halogens is 1. The van der Waals surface area contributed by atoms with E-state index in [9.17, 15) is 14.9 Å². The largest absolute Gasteiger partial charge is 0.424 e. The predicted molar refractivity (Wildman–Crippen MR) is 101 cm³/mol. The van der Waals surface area contributed by atoms with Gasteiger partial charge in [0.05, 0.1) is 9.95 Å². The summed E-state index contributed by atoms with van der Waals surface area (Å²) in [6, 6.07) is 14.8. The average Bonchev–Trinajstić information content (AvgIpc) is 2.91. The summed E-state index contributed by atoms with van der Waals surface area (Å²) in [4.78, 5) is 22.7. The molecule has 0 atom stereocenters. The van der Waals surface area contributed by atoms with Gasteiger partial charge in [-0.15, -0.1) is 0 Å². The summed E-state index contributed by atoms with van der Waals surface area (Å²) < 4.78 is 6.56. The average molecular weight is 386 g/mol. The van der Waals surface area contributed by atoms with Gasteiger partial charge in [0.25, 0.3) is 0 Å². The van der Waals surface area contributed by atoms with Gasteiger partial charge in [-0.05, 0) is 37.1 Å². The Kier molecular flexibility index (Phi) is 5.23. The van der Waals surface area contributed by atoms with Crippen LogP contribution in [0.5, 0.6) is 5.75 Å². The second-order valence-corrected chi connectivity index (χ2v) is 6.33. The van der Waals surface area contributed by atoms with E-state index in [2.05, 4.69) is 5.10 Å². The highest BCUT2D eigenvalue weighted by Crippen LogP contribution is 2.30. The van der Waals surface area contributed by atoms with E-state index in [1.807, 2.05) is 30.3 Å². The summed E-state index contributed by atoms with van der Waals surface area (Å²) in [5.74, 6) is -0.401. The molecule has 0 aliphatic carbocycles. The van der Waals surface area contributed by atoms with Gasteiger partial charge in [-0.25, -0.2) is 4.79 Å². The van der Waals surface area contributed by atoms with Crippen molar-refractivity contribution < 1.29 is 14.5 Å². The fourth-order valence-electron chi connectivity index (χ4n) is 2.78. The number of carbonyl (C=O) groups excluding carboxylic acids is 1.